The minimum absolute atomic E-state index is 0.0354. The van der Waals surface area contributed by atoms with E-state index in [1.807, 2.05) is 25.2 Å². The molecule has 0 nitrogen and oxygen atoms in total. The smallest absolute Gasteiger partial charge is 0.0577 e. The minimum atomic E-state index is 0.0354. The Kier molecular flexibility index (Phi) is 12.4. The highest BCUT2D eigenvalue weighted by Gasteiger charge is 2.49. The van der Waals surface area contributed by atoms with Crippen LogP contribution in [-0.4, -0.2) is 0 Å². The van der Waals surface area contributed by atoms with Crippen LogP contribution in [0.4, 0.5) is 0 Å². The minimum Gasteiger partial charge on any atom is -0.144 e. The summed E-state index contributed by atoms with van der Waals surface area (Å²) >= 11 is 6.26. The van der Waals surface area contributed by atoms with Crippen LogP contribution >= 0.6 is 34.0 Å². The highest BCUT2D eigenvalue weighted by molar-refractivity contribution is 7.23. The van der Waals surface area contributed by atoms with Crippen LogP contribution in [-0.2, 0) is 17.3 Å². The van der Waals surface area contributed by atoms with Gasteiger partial charge >= 0.3 is 0 Å². The highest BCUT2D eigenvalue weighted by Crippen LogP contribution is 2.62. The number of hydrogen-bond donors (Lipinski definition) is 0. The molecule has 4 rings (SSSR count). The Morgan fingerprint density at radius 3 is 2.05 bits per heavy atom. The molecule has 2 unspecified atom stereocenters. The molecule has 0 amide bonds. The Morgan fingerprint density at radius 1 is 0.744 bits per heavy atom. The first-order valence-electron chi connectivity index (χ1n) is 16.1. The van der Waals surface area contributed by atoms with Crippen molar-refractivity contribution in [3.63, 3.8) is 0 Å². The van der Waals surface area contributed by atoms with Crippen molar-refractivity contribution in [3.05, 3.63) is 54.9 Å². The summed E-state index contributed by atoms with van der Waals surface area (Å²) in [4.78, 5) is 9.39. The summed E-state index contributed by atoms with van der Waals surface area (Å²) in [5, 5.41) is 0. The molecule has 0 saturated heterocycles. The van der Waals surface area contributed by atoms with E-state index >= 15 is 0 Å². The Labute approximate surface area is 253 Å². The molecule has 0 saturated carbocycles. The molecule has 218 valence electrons. The van der Waals surface area contributed by atoms with Crippen LogP contribution in [0.2, 0.25) is 0 Å². The first-order chi connectivity index (χ1) is 18.7. The van der Waals surface area contributed by atoms with Gasteiger partial charge in [-0.3, -0.25) is 0 Å². The quantitative estimate of drug-likeness (QED) is 0.165. The van der Waals surface area contributed by atoms with Gasteiger partial charge in [0.25, 0.3) is 0 Å². The molecule has 0 N–H and O–H groups in total. The van der Waals surface area contributed by atoms with E-state index < -0.39 is 0 Å². The lowest BCUT2D eigenvalue weighted by Crippen LogP contribution is -2.29. The first-order valence-corrected chi connectivity index (χ1v) is 18.5. The third kappa shape index (κ3) is 7.31. The summed E-state index contributed by atoms with van der Waals surface area (Å²) in [7, 11) is 0. The zero-order valence-electron chi connectivity index (χ0n) is 26.6. The zero-order valence-corrected chi connectivity index (χ0v) is 29.0. The molecule has 3 heteroatoms. The Hall–Kier alpha value is -0.900. The van der Waals surface area contributed by atoms with Gasteiger partial charge in [-0.1, -0.05) is 113 Å². The predicted molar refractivity (Wildman–Crippen MR) is 182 cm³/mol. The van der Waals surface area contributed by atoms with E-state index in [9.17, 15) is 0 Å². The van der Waals surface area contributed by atoms with E-state index in [0.717, 1.165) is 5.92 Å². The molecule has 0 spiro atoms. The highest BCUT2D eigenvalue weighted by atomic mass is 32.1. The predicted octanol–water partition coefficient (Wildman–Crippen LogP) is 13.3. The number of unbranched alkanes of at least 4 members (excludes halogenated alkanes) is 5. The van der Waals surface area contributed by atoms with Crippen molar-refractivity contribution in [2.75, 3.05) is 0 Å². The topological polar surface area (TPSA) is 0 Å². The number of rotatable bonds is 14. The zero-order chi connectivity index (χ0) is 28.6. The average molecular weight is 585 g/mol. The van der Waals surface area contributed by atoms with Crippen LogP contribution in [0.25, 0.3) is 9.75 Å². The fourth-order valence-corrected chi connectivity index (χ4v) is 10.0. The number of thiophene rings is 3. The van der Waals surface area contributed by atoms with E-state index in [0.29, 0.717) is 0 Å². The van der Waals surface area contributed by atoms with Gasteiger partial charge in [0.2, 0.25) is 0 Å². The molecule has 3 heterocycles. The normalized spacial score (nSPS) is 17.1. The van der Waals surface area contributed by atoms with Gasteiger partial charge in [-0.05, 0) is 72.9 Å². The molecule has 3 aromatic rings. The summed E-state index contributed by atoms with van der Waals surface area (Å²) < 4.78 is 0. The third-order valence-corrected chi connectivity index (χ3v) is 12.4. The van der Waals surface area contributed by atoms with Crippen molar-refractivity contribution >= 4 is 34.0 Å². The summed E-state index contributed by atoms with van der Waals surface area (Å²) in [6.07, 6.45) is 16.0. The largest absolute Gasteiger partial charge is 0.144 e. The SMILES string of the molecule is CC.CCCCCCC(CCCC)CC1(c2ccc(CCCC)s2)c2cc(C)sc2-c2sc(C(C)(C)C)cc21. The maximum atomic E-state index is 2.64. The van der Waals surface area contributed by atoms with Crippen LogP contribution in [0.1, 0.15) is 157 Å². The van der Waals surface area contributed by atoms with Crippen molar-refractivity contribution < 1.29 is 0 Å². The molecule has 39 heavy (non-hydrogen) atoms. The van der Waals surface area contributed by atoms with Crippen LogP contribution < -0.4 is 0 Å². The second kappa shape index (κ2) is 14.8. The molecule has 0 aromatic carbocycles. The van der Waals surface area contributed by atoms with Crippen molar-refractivity contribution in [3.8, 4) is 9.75 Å². The van der Waals surface area contributed by atoms with Crippen molar-refractivity contribution in [2.24, 2.45) is 5.92 Å². The van der Waals surface area contributed by atoms with Crippen molar-refractivity contribution in [1.29, 1.82) is 0 Å². The standard InChI is InChI=1S/C34H50S3.C2H6/c1-8-11-14-15-17-25(16-12-9-2)23-34(29-20-19-26(36-29)18-13-10-3)27-21-24(4)35-31(27)32-28(34)22-30(37-32)33(5,6)7;1-2/h19-22,25H,8-18,23H2,1-7H3;1-2H3. The number of aryl methyl sites for hydroxylation is 2. The van der Waals surface area contributed by atoms with Gasteiger partial charge in [-0.2, -0.15) is 0 Å². The van der Waals surface area contributed by atoms with E-state index in [2.05, 4.69) is 95.4 Å². The van der Waals surface area contributed by atoms with E-state index in [4.69, 9.17) is 0 Å². The third-order valence-electron chi connectivity index (χ3n) is 8.34. The Balaban J connectivity index is 0.00000205. The fraction of sp³-hybridized carbons (Fsp3) is 0.667. The molecule has 0 fully saturated rings. The average Bonchev–Trinajstić information content (AvgIpc) is 3.68. The van der Waals surface area contributed by atoms with Crippen LogP contribution in [0, 0.1) is 12.8 Å². The van der Waals surface area contributed by atoms with Gasteiger partial charge in [-0.25, -0.2) is 0 Å². The van der Waals surface area contributed by atoms with E-state index in [1.165, 1.54) is 81.9 Å². The monoisotopic (exact) mass is 584 g/mol. The van der Waals surface area contributed by atoms with Crippen LogP contribution in [0.15, 0.2) is 24.3 Å². The van der Waals surface area contributed by atoms with Gasteiger partial charge in [0.1, 0.15) is 0 Å². The lowest BCUT2D eigenvalue weighted by atomic mass is 9.69. The molecule has 0 aliphatic heterocycles. The molecule has 2 atom stereocenters. The number of fused-ring (bicyclic) bond motifs is 3. The summed E-state index contributed by atoms with van der Waals surface area (Å²) in [6, 6.07) is 10.2. The van der Waals surface area contributed by atoms with Crippen LogP contribution in [0.5, 0.6) is 0 Å². The van der Waals surface area contributed by atoms with Gasteiger partial charge in [0.05, 0.1) is 5.41 Å². The maximum absolute atomic E-state index is 2.64. The van der Waals surface area contributed by atoms with Gasteiger partial charge in [-0.15, -0.1) is 34.0 Å². The first kappa shape index (κ1) is 32.6. The van der Waals surface area contributed by atoms with E-state index in [-0.39, 0.29) is 10.8 Å². The van der Waals surface area contributed by atoms with Crippen molar-refractivity contribution in [1.82, 2.24) is 0 Å². The van der Waals surface area contributed by atoms with E-state index in [1.54, 1.807) is 35.5 Å². The second-order valence-corrected chi connectivity index (χ2v) is 16.0. The van der Waals surface area contributed by atoms with Crippen molar-refractivity contribution in [2.45, 2.75) is 150 Å². The molecular formula is C36H56S3. The molecule has 1 aliphatic carbocycles. The Bertz CT molecular complexity index is 1130. The lowest BCUT2D eigenvalue weighted by molar-refractivity contribution is 0.342. The summed E-state index contributed by atoms with van der Waals surface area (Å²) in [6.45, 7) is 20.5. The fourth-order valence-electron chi connectivity index (χ4n) is 6.20. The molecular weight excluding hydrogens is 529 g/mol. The van der Waals surface area contributed by atoms with Crippen LogP contribution in [0.3, 0.4) is 0 Å². The lowest BCUT2D eigenvalue weighted by Gasteiger charge is -2.34. The van der Waals surface area contributed by atoms with Gasteiger partial charge in [0, 0.05) is 29.3 Å². The number of hydrogen-bond acceptors (Lipinski definition) is 3. The van der Waals surface area contributed by atoms with Gasteiger partial charge in [0.15, 0.2) is 0 Å². The molecule has 0 radical (unpaired) electrons. The van der Waals surface area contributed by atoms with Gasteiger partial charge < -0.3 is 0 Å². The summed E-state index contributed by atoms with van der Waals surface area (Å²) in [5.74, 6) is 0.787. The maximum Gasteiger partial charge on any atom is 0.0577 e. The molecule has 0 bridgehead atoms. The Morgan fingerprint density at radius 2 is 1.38 bits per heavy atom. The summed E-state index contributed by atoms with van der Waals surface area (Å²) in [5.41, 5.74) is 3.50. The molecule has 3 aromatic heterocycles. The molecule has 1 aliphatic rings. The second-order valence-electron chi connectivity index (χ2n) is 12.5.